The van der Waals surface area contributed by atoms with Gasteiger partial charge in [0.2, 0.25) is 5.91 Å². The highest BCUT2D eigenvalue weighted by Gasteiger charge is 2.21. The molecule has 0 atom stereocenters. The SMILES string of the molecule is Cc1cc(C)cc(NC(=O)CSc2nc(-c3ccccc3)nn2C(=O)c2cccc([N+](=O)[O-])c2)c1. The summed E-state index contributed by atoms with van der Waals surface area (Å²) in [4.78, 5) is 40.9. The van der Waals surface area contributed by atoms with Crippen LogP contribution in [0.4, 0.5) is 11.4 Å². The Hall–Kier alpha value is -4.31. The number of amides is 1. The summed E-state index contributed by atoms with van der Waals surface area (Å²) in [6.07, 6.45) is 0. The molecular formula is C25H21N5O4S. The van der Waals surface area contributed by atoms with E-state index in [9.17, 15) is 19.7 Å². The molecule has 0 radical (unpaired) electrons. The van der Waals surface area contributed by atoms with Crippen LogP contribution in [0.25, 0.3) is 11.4 Å². The molecule has 35 heavy (non-hydrogen) atoms. The van der Waals surface area contributed by atoms with Crippen LogP contribution in [0.15, 0.2) is 78.0 Å². The predicted molar refractivity (Wildman–Crippen MR) is 134 cm³/mol. The number of aromatic nitrogens is 3. The van der Waals surface area contributed by atoms with E-state index in [0.717, 1.165) is 27.6 Å². The molecular weight excluding hydrogens is 466 g/mol. The monoisotopic (exact) mass is 487 g/mol. The summed E-state index contributed by atoms with van der Waals surface area (Å²) in [7, 11) is 0. The lowest BCUT2D eigenvalue weighted by molar-refractivity contribution is -0.384. The number of hydrogen-bond donors (Lipinski definition) is 1. The molecule has 10 heteroatoms. The minimum absolute atomic E-state index is 0.0118. The fourth-order valence-corrected chi connectivity index (χ4v) is 4.21. The van der Waals surface area contributed by atoms with Crippen molar-refractivity contribution in [3.8, 4) is 11.4 Å². The van der Waals surface area contributed by atoms with Gasteiger partial charge in [-0.1, -0.05) is 54.2 Å². The molecule has 0 unspecified atom stereocenters. The summed E-state index contributed by atoms with van der Waals surface area (Å²) >= 11 is 1.05. The predicted octanol–water partition coefficient (Wildman–Crippen LogP) is 4.89. The Morgan fingerprint density at radius 2 is 1.71 bits per heavy atom. The average Bonchev–Trinajstić information content (AvgIpc) is 3.26. The molecule has 0 bridgehead atoms. The molecule has 1 amide bonds. The van der Waals surface area contributed by atoms with Gasteiger partial charge >= 0.3 is 0 Å². The van der Waals surface area contributed by atoms with E-state index in [0.29, 0.717) is 17.1 Å². The fourth-order valence-electron chi connectivity index (χ4n) is 3.48. The summed E-state index contributed by atoms with van der Waals surface area (Å²) in [5.41, 5.74) is 3.32. The van der Waals surface area contributed by atoms with Crippen LogP contribution in [0.1, 0.15) is 21.5 Å². The van der Waals surface area contributed by atoms with Crippen molar-refractivity contribution < 1.29 is 14.5 Å². The van der Waals surface area contributed by atoms with E-state index in [-0.39, 0.29) is 28.1 Å². The van der Waals surface area contributed by atoms with Crippen molar-refractivity contribution in [3.05, 3.63) is 99.6 Å². The van der Waals surface area contributed by atoms with E-state index >= 15 is 0 Å². The zero-order valence-corrected chi connectivity index (χ0v) is 19.8. The first kappa shape index (κ1) is 23.8. The molecule has 1 aromatic heterocycles. The number of carbonyl (C=O) groups excluding carboxylic acids is 2. The second-order valence-electron chi connectivity index (χ2n) is 7.82. The number of thioether (sulfide) groups is 1. The third kappa shape index (κ3) is 5.79. The van der Waals surface area contributed by atoms with Crippen LogP contribution in [0.5, 0.6) is 0 Å². The highest BCUT2D eigenvalue weighted by atomic mass is 32.2. The molecule has 0 aliphatic rings. The lowest BCUT2D eigenvalue weighted by atomic mass is 10.1. The number of nitrogens with zero attached hydrogens (tertiary/aromatic N) is 4. The van der Waals surface area contributed by atoms with Crippen molar-refractivity contribution in [1.82, 2.24) is 14.8 Å². The molecule has 1 heterocycles. The van der Waals surface area contributed by atoms with E-state index in [4.69, 9.17) is 0 Å². The lowest BCUT2D eigenvalue weighted by Crippen LogP contribution is -2.18. The number of nitro groups is 1. The second kappa shape index (κ2) is 10.3. The van der Waals surface area contributed by atoms with Crippen LogP contribution in [0.3, 0.4) is 0 Å². The number of hydrogen-bond acceptors (Lipinski definition) is 7. The maximum absolute atomic E-state index is 13.2. The Morgan fingerprint density at radius 3 is 2.40 bits per heavy atom. The van der Waals surface area contributed by atoms with E-state index in [1.165, 1.54) is 24.3 Å². The number of rotatable bonds is 7. The number of nitro benzene ring substituents is 1. The van der Waals surface area contributed by atoms with E-state index in [1.807, 2.05) is 50.2 Å². The Bertz CT molecular complexity index is 1400. The van der Waals surface area contributed by atoms with Gasteiger partial charge in [0.25, 0.3) is 11.6 Å². The number of non-ortho nitro benzene ring substituents is 1. The number of carbonyl (C=O) groups is 2. The van der Waals surface area contributed by atoms with Crippen molar-refractivity contribution in [2.24, 2.45) is 0 Å². The van der Waals surface area contributed by atoms with Crippen LogP contribution in [-0.4, -0.2) is 37.3 Å². The standard InChI is InChI=1S/C25H21N5O4S/c1-16-11-17(2)13-20(12-16)26-22(31)15-35-25-27-23(18-7-4-3-5-8-18)28-29(25)24(32)19-9-6-10-21(14-19)30(33)34/h3-14H,15H2,1-2H3,(H,26,31). The van der Waals surface area contributed by atoms with Crippen molar-refractivity contribution >= 4 is 35.0 Å². The molecule has 4 rings (SSSR count). The summed E-state index contributed by atoms with van der Waals surface area (Å²) in [5, 5.41) is 18.6. The second-order valence-corrected chi connectivity index (χ2v) is 8.76. The molecule has 3 aromatic carbocycles. The number of aryl methyl sites for hydroxylation is 2. The minimum atomic E-state index is -0.583. The first-order valence-corrected chi connectivity index (χ1v) is 11.6. The van der Waals surface area contributed by atoms with Gasteiger partial charge < -0.3 is 5.32 Å². The number of anilines is 1. The normalized spacial score (nSPS) is 10.7. The minimum Gasteiger partial charge on any atom is -0.325 e. The maximum atomic E-state index is 13.2. The molecule has 4 aromatic rings. The summed E-state index contributed by atoms with van der Waals surface area (Å²) in [6.45, 7) is 3.90. The van der Waals surface area contributed by atoms with Crippen molar-refractivity contribution in [1.29, 1.82) is 0 Å². The Balaban J connectivity index is 1.60. The largest absolute Gasteiger partial charge is 0.325 e. The third-order valence-corrected chi connectivity index (χ3v) is 5.87. The third-order valence-electron chi connectivity index (χ3n) is 4.94. The van der Waals surface area contributed by atoms with Gasteiger partial charge in [-0.3, -0.25) is 19.7 Å². The number of nitrogens with one attached hydrogen (secondary N) is 1. The zero-order chi connectivity index (χ0) is 24.9. The Labute approximate surface area is 205 Å². The molecule has 0 saturated heterocycles. The molecule has 0 spiro atoms. The zero-order valence-electron chi connectivity index (χ0n) is 19.0. The highest BCUT2D eigenvalue weighted by molar-refractivity contribution is 7.99. The van der Waals surface area contributed by atoms with Gasteiger partial charge in [0.15, 0.2) is 11.0 Å². The lowest BCUT2D eigenvalue weighted by Gasteiger charge is -2.08. The van der Waals surface area contributed by atoms with Gasteiger partial charge in [-0.05, 0) is 43.2 Å². The van der Waals surface area contributed by atoms with Crippen molar-refractivity contribution in [2.45, 2.75) is 19.0 Å². The van der Waals surface area contributed by atoms with Crippen LogP contribution in [0.2, 0.25) is 0 Å². The summed E-state index contributed by atoms with van der Waals surface area (Å²) < 4.78 is 1.08. The molecule has 176 valence electrons. The van der Waals surface area contributed by atoms with Crippen LogP contribution in [0, 0.1) is 24.0 Å². The molecule has 0 aliphatic heterocycles. The molecule has 0 fully saturated rings. The number of benzene rings is 3. The quantitative estimate of drug-likeness (QED) is 0.224. The van der Waals surface area contributed by atoms with Gasteiger partial charge in [-0.2, -0.15) is 4.68 Å². The first-order chi connectivity index (χ1) is 16.8. The molecule has 0 saturated carbocycles. The Morgan fingerprint density at radius 1 is 1.00 bits per heavy atom. The van der Waals surface area contributed by atoms with Crippen LogP contribution >= 0.6 is 11.8 Å². The van der Waals surface area contributed by atoms with Gasteiger partial charge in [0, 0.05) is 28.9 Å². The fraction of sp³-hybridized carbons (Fsp3) is 0.120. The smallest absolute Gasteiger partial charge is 0.280 e. The van der Waals surface area contributed by atoms with E-state index in [2.05, 4.69) is 15.4 Å². The van der Waals surface area contributed by atoms with Crippen molar-refractivity contribution in [2.75, 3.05) is 11.1 Å². The topological polar surface area (TPSA) is 120 Å². The molecule has 0 aliphatic carbocycles. The summed E-state index contributed by atoms with van der Waals surface area (Å²) in [6, 6.07) is 20.3. The van der Waals surface area contributed by atoms with Gasteiger partial charge in [0.05, 0.1) is 10.7 Å². The van der Waals surface area contributed by atoms with Crippen molar-refractivity contribution in [3.63, 3.8) is 0 Å². The van der Waals surface area contributed by atoms with Crippen LogP contribution in [-0.2, 0) is 4.79 Å². The first-order valence-electron chi connectivity index (χ1n) is 10.6. The Kier molecular flexibility index (Phi) is 7.02. The highest BCUT2D eigenvalue weighted by Crippen LogP contribution is 2.24. The molecule has 9 nitrogen and oxygen atoms in total. The van der Waals surface area contributed by atoms with Gasteiger partial charge in [-0.25, -0.2) is 4.98 Å². The van der Waals surface area contributed by atoms with Crippen LogP contribution < -0.4 is 5.32 Å². The summed E-state index contributed by atoms with van der Waals surface area (Å²) in [5.74, 6) is -0.553. The maximum Gasteiger partial charge on any atom is 0.280 e. The molecule has 1 N–H and O–H groups in total. The van der Waals surface area contributed by atoms with Gasteiger partial charge in [-0.15, -0.1) is 5.10 Å². The average molecular weight is 488 g/mol. The van der Waals surface area contributed by atoms with E-state index in [1.54, 1.807) is 12.1 Å². The van der Waals surface area contributed by atoms with E-state index < -0.39 is 10.8 Å². The van der Waals surface area contributed by atoms with Gasteiger partial charge in [0.1, 0.15) is 0 Å².